The summed E-state index contributed by atoms with van der Waals surface area (Å²) in [7, 11) is 0. The maximum atomic E-state index is 12.5. The highest BCUT2D eigenvalue weighted by molar-refractivity contribution is 6.09. The van der Waals surface area contributed by atoms with E-state index >= 15 is 0 Å². The van der Waals surface area contributed by atoms with E-state index in [-0.39, 0.29) is 18.4 Å². The van der Waals surface area contributed by atoms with Crippen molar-refractivity contribution in [1.82, 2.24) is 4.98 Å². The number of aryl methyl sites for hydroxylation is 1. The number of para-hydroxylation sites is 2. The van der Waals surface area contributed by atoms with Crippen molar-refractivity contribution >= 4 is 23.3 Å². The van der Waals surface area contributed by atoms with E-state index in [4.69, 9.17) is 4.74 Å². The average molecular weight is 361 g/mol. The Bertz CT molecular complexity index is 942. The molecule has 0 saturated carbocycles. The van der Waals surface area contributed by atoms with Crippen LogP contribution >= 0.6 is 0 Å². The molecular weight excluding hydrogens is 342 g/mol. The van der Waals surface area contributed by atoms with Crippen molar-refractivity contribution in [3.63, 3.8) is 0 Å². The normalized spacial score (nSPS) is 10.1. The summed E-state index contributed by atoms with van der Waals surface area (Å²) < 4.78 is 5.54. The number of hydrogen-bond donors (Lipinski definition) is 2. The Hall–Kier alpha value is -3.67. The molecule has 27 heavy (non-hydrogen) atoms. The summed E-state index contributed by atoms with van der Waals surface area (Å²) in [6.07, 6.45) is 1.59. The SMILES string of the molecule is Cc1ccccc1OCC(=O)Nc1ccccc1C(=O)Nc1ccccn1. The lowest BCUT2D eigenvalue weighted by Crippen LogP contribution is -2.23. The van der Waals surface area contributed by atoms with Gasteiger partial charge in [0.05, 0.1) is 11.3 Å². The van der Waals surface area contributed by atoms with E-state index in [0.29, 0.717) is 22.8 Å². The highest BCUT2D eigenvalue weighted by Crippen LogP contribution is 2.18. The van der Waals surface area contributed by atoms with E-state index in [1.807, 2.05) is 25.1 Å². The molecule has 0 unspecified atom stereocenters. The van der Waals surface area contributed by atoms with Gasteiger partial charge in [0.25, 0.3) is 11.8 Å². The van der Waals surface area contributed by atoms with E-state index in [2.05, 4.69) is 15.6 Å². The molecule has 3 aromatic rings. The molecule has 0 aliphatic carbocycles. The molecule has 0 aliphatic heterocycles. The molecule has 0 radical (unpaired) electrons. The zero-order valence-corrected chi connectivity index (χ0v) is 14.8. The van der Waals surface area contributed by atoms with Crippen LogP contribution in [0.5, 0.6) is 5.75 Å². The Morgan fingerprint density at radius 3 is 2.44 bits per heavy atom. The number of aromatic nitrogens is 1. The molecule has 6 heteroatoms. The lowest BCUT2D eigenvalue weighted by atomic mass is 10.1. The lowest BCUT2D eigenvalue weighted by Gasteiger charge is -2.12. The van der Waals surface area contributed by atoms with E-state index in [9.17, 15) is 9.59 Å². The number of nitrogens with zero attached hydrogens (tertiary/aromatic N) is 1. The second-order valence-corrected chi connectivity index (χ2v) is 5.82. The maximum Gasteiger partial charge on any atom is 0.262 e. The Kier molecular flexibility index (Phi) is 5.79. The van der Waals surface area contributed by atoms with Gasteiger partial charge in [-0.05, 0) is 42.8 Å². The first-order valence-corrected chi connectivity index (χ1v) is 8.43. The molecule has 136 valence electrons. The fraction of sp³-hybridized carbons (Fsp3) is 0.0952. The summed E-state index contributed by atoms with van der Waals surface area (Å²) in [4.78, 5) is 28.8. The minimum absolute atomic E-state index is 0.152. The number of nitrogens with one attached hydrogen (secondary N) is 2. The largest absolute Gasteiger partial charge is 0.483 e. The predicted octanol–water partition coefficient (Wildman–Crippen LogP) is 3.66. The molecule has 6 nitrogen and oxygen atoms in total. The van der Waals surface area contributed by atoms with Gasteiger partial charge in [0, 0.05) is 6.20 Å². The molecule has 0 saturated heterocycles. The van der Waals surface area contributed by atoms with Crippen molar-refractivity contribution in [3.05, 3.63) is 84.1 Å². The van der Waals surface area contributed by atoms with Crippen LogP contribution in [-0.2, 0) is 4.79 Å². The molecule has 1 heterocycles. The summed E-state index contributed by atoms with van der Waals surface area (Å²) in [6, 6.07) is 19.5. The molecule has 0 bridgehead atoms. The summed E-state index contributed by atoms with van der Waals surface area (Å²) in [5.74, 6) is 0.376. The van der Waals surface area contributed by atoms with Crippen LogP contribution in [0.4, 0.5) is 11.5 Å². The molecule has 2 amide bonds. The number of ether oxygens (including phenoxy) is 1. The molecule has 2 N–H and O–H groups in total. The minimum Gasteiger partial charge on any atom is -0.483 e. The number of carbonyl (C=O) groups is 2. The van der Waals surface area contributed by atoms with Gasteiger partial charge < -0.3 is 15.4 Å². The second kappa shape index (κ2) is 8.62. The van der Waals surface area contributed by atoms with Crippen LogP contribution in [0.2, 0.25) is 0 Å². The van der Waals surface area contributed by atoms with Crippen molar-refractivity contribution < 1.29 is 14.3 Å². The number of carbonyl (C=O) groups excluding carboxylic acids is 2. The fourth-order valence-corrected chi connectivity index (χ4v) is 2.46. The highest BCUT2D eigenvalue weighted by atomic mass is 16.5. The number of pyridine rings is 1. The van der Waals surface area contributed by atoms with Gasteiger partial charge in [-0.3, -0.25) is 9.59 Å². The van der Waals surface area contributed by atoms with E-state index in [1.54, 1.807) is 54.7 Å². The summed E-state index contributed by atoms with van der Waals surface area (Å²) in [5.41, 5.74) is 1.69. The third-order valence-electron chi connectivity index (χ3n) is 3.80. The lowest BCUT2D eigenvalue weighted by molar-refractivity contribution is -0.118. The van der Waals surface area contributed by atoms with Crippen molar-refractivity contribution in [2.75, 3.05) is 17.2 Å². The van der Waals surface area contributed by atoms with Crippen LogP contribution in [0.3, 0.4) is 0 Å². The maximum absolute atomic E-state index is 12.5. The number of anilines is 2. The van der Waals surface area contributed by atoms with Crippen molar-refractivity contribution in [2.24, 2.45) is 0 Å². The first-order valence-electron chi connectivity index (χ1n) is 8.43. The average Bonchev–Trinajstić information content (AvgIpc) is 2.68. The van der Waals surface area contributed by atoms with Crippen molar-refractivity contribution in [1.29, 1.82) is 0 Å². The van der Waals surface area contributed by atoms with Gasteiger partial charge >= 0.3 is 0 Å². The molecule has 3 rings (SSSR count). The number of hydrogen-bond acceptors (Lipinski definition) is 4. The Labute approximate surface area is 157 Å². The quantitative estimate of drug-likeness (QED) is 0.702. The molecule has 0 spiro atoms. The molecule has 1 aromatic heterocycles. The summed E-state index contributed by atoms with van der Waals surface area (Å²) in [5, 5.41) is 5.43. The first kappa shape index (κ1) is 18.1. The van der Waals surface area contributed by atoms with Crippen LogP contribution < -0.4 is 15.4 Å². The molecular formula is C21H19N3O3. The van der Waals surface area contributed by atoms with Gasteiger partial charge in [0.15, 0.2) is 6.61 Å². The predicted molar refractivity (Wildman–Crippen MR) is 104 cm³/mol. The zero-order chi connectivity index (χ0) is 19.1. The minimum atomic E-state index is -0.357. The van der Waals surface area contributed by atoms with E-state index in [0.717, 1.165) is 5.56 Å². The van der Waals surface area contributed by atoms with Gasteiger partial charge in [-0.25, -0.2) is 4.98 Å². The van der Waals surface area contributed by atoms with Gasteiger partial charge in [-0.1, -0.05) is 36.4 Å². The Balaban J connectivity index is 1.66. The van der Waals surface area contributed by atoms with Crippen LogP contribution in [0, 0.1) is 6.92 Å². The summed E-state index contributed by atoms with van der Waals surface area (Å²) in [6.45, 7) is 1.76. The smallest absolute Gasteiger partial charge is 0.262 e. The van der Waals surface area contributed by atoms with Crippen molar-refractivity contribution in [2.45, 2.75) is 6.92 Å². The second-order valence-electron chi connectivity index (χ2n) is 5.82. The fourth-order valence-electron chi connectivity index (χ4n) is 2.46. The zero-order valence-electron chi connectivity index (χ0n) is 14.8. The first-order chi connectivity index (χ1) is 13.1. The number of benzene rings is 2. The number of rotatable bonds is 6. The monoisotopic (exact) mass is 361 g/mol. The molecule has 0 aliphatic rings. The van der Waals surface area contributed by atoms with Crippen molar-refractivity contribution in [3.8, 4) is 5.75 Å². The molecule has 0 fully saturated rings. The van der Waals surface area contributed by atoms with Gasteiger partial charge in [-0.15, -0.1) is 0 Å². The van der Waals surface area contributed by atoms with Crippen LogP contribution in [0.1, 0.15) is 15.9 Å². The molecule has 2 aromatic carbocycles. The topological polar surface area (TPSA) is 80.3 Å². The third-order valence-corrected chi connectivity index (χ3v) is 3.80. The summed E-state index contributed by atoms with van der Waals surface area (Å²) >= 11 is 0. The Morgan fingerprint density at radius 1 is 0.926 bits per heavy atom. The highest BCUT2D eigenvalue weighted by Gasteiger charge is 2.14. The Morgan fingerprint density at radius 2 is 1.67 bits per heavy atom. The van der Waals surface area contributed by atoms with Gasteiger partial charge in [0.2, 0.25) is 0 Å². The van der Waals surface area contributed by atoms with Crippen LogP contribution in [0.25, 0.3) is 0 Å². The van der Waals surface area contributed by atoms with E-state index < -0.39 is 0 Å². The van der Waals surface area contributed by atoms with E-state index in [1.165, 1.54) is 0 Å². The van der Waals surface area contributed by atoms with Crippen LogP contribution in [-0.4, -0.2) is 23.4 Å². The number of amides is 2. The van der Waals surface area contributed by atoms with Crippen LogP contribution in [0.15, 0.2) is 72.9 Å². The standard InChI is InChI=1S/C21H19N3O3/c1-15-8-2-5-11-18(15)27-14-20(25)23-17-10-4-3-9-16(17)21(26)24-19-12-6-7-13-22-19/h2-13H,14H2,1H3,(H,23,25)(H,22,24,26). The van der Waals surface area contributed by atoms with Gasteiger partial charge in [-0.2, -0.15) is 0 Å². The van der Waals surface area contributed by atoms with Gasteiger partial charge in [0.1, 0.15) is 11.6 Å². The third kappa shape index (κ3) is 4.92. The molecule has 0 atom stereocenters.